The molecule has 0 aliphatic heterocycles. The third-order valence-corrected chi connectivity index (χ3v) is 12.0. The van der Waals surface area contributed by atoms with Gasteiger partial charge in [-0.25, -0.2) is 0 Å². The van der Waals surface area contributed by atoms with Gasteiger partial charge >= 0.3 is 23.9 Å². The van der Waals surface area contributed by atoms with Gasteiger partial charge in [0.25, 0.3) is 0 Å². The maximum atomic E-state index is 13.2. The largest absolute Gasteiger partial charge is 0.463 e. The van der Waals surface area contributed by atoms with Gasteiger partial charge in [-0.05, 0) is 97.8 Å². The Morgan fingerprint density at radius 2 is 0.608 bits per heavy atom. The predicted molar refractivity (Wildman–Crippen MR) is 312 cm³/mol. The zero-order chi connectivity index (χ0) is 54.3. The first kappa shape index (κ1) is 69.5. The summed E-state index contributed by atoms with van der Waals surface area (Å²) in [5.74, 6) is -1.52. The van der Waals surface area contributed by atoms with Crippen molar-refractivity contribution < 1.29 is 38.1 Å². The molecular weight excluding hydrogens is 923 g/mol. The first-order valence-electron chi connectivity index (χ1n) is 29.4. The first-order valence-corrected chi connectivity index (χ1v) is 29.4. The Hall–Kier alpha value is -4.50. The average Bonchev–Trinajstić information content (AvgIpc) is 3.37. The van der Waals surface area contributed by atoms with Gasteiger partial charge in [-0.1, -0.05) is 226 Å². The summed E-state index contributed by atoms with van der Waals surface area (Å²) >= 11 is 0. The normalized spacial score (nSPS) is 13.4. The monoisotopic (exact) mass is 1030 g/mol. The van der Waals surface area contributed by atoms with E-state index in [2.05, 4.69) is 135 Å². The summed E-state index contributed by atoms with van der Waals surface area (Å²) in [4.78, 5) is 52.4. The molecule has 0 unspecified atom stereocenters. The molecular formula is C65H107NO8. The van der Waals surface area contributed by atoms with E-state index in [4.69, 9.17) is 18.9 Å². The summed E-state index contributed by atoms with van der Waals surface area (Å²) in [6, 6.07) is 0. The van der Waals surface area contributed by atoms with Gasteiger partial charge in [-0.3, -0.25) is 19.2 Å². The third-order valence-electron chi connectivity index (χ3n) is 12.0. The van der Waals surface area contributed by atoms with Crippen molar-refractivity contribution in [1.29, 1.82) is 0 Å². The van der Waals surface area contributed by atoms with Gasteiger partial charge in [-0.2, -0.15) is 0 Å². The van der Waals surface area contributed by atoms with Crippen molar-refractivity contribution in [1.82, 2.24) is 5.32 Å². The second kappa shape index (κ2) is 52.0. The van der Waals surface area contributed by atoms with Crippen LogP contribution >= 0.6 is 0 Å². The van der Waals surface area contributed by atoms with Gasteiger partial charge in [0.2, 0.25) is 0 Å². The Bertz CT molecular complexity index is 1490. The molecule has 0 saturated carbocycles. The van der Waals surface area contributed by atoms with Crippen molar-refractivity contribution in [3.63, 3.8) is 0 Å². The molecule has 0 aromatic heterocycles. The number of esters is 4. The molecule has 9 nitrogen and oxygen atoms in total. The zero-order valence-corrected chi connectivity index (χ0v) is 47.9. The van der Waals surface area contributed by atoms with Crippen LogP contribution in [-0.2, 0) is 38.1 Å². The van der Waals surface area contributed by atoms with Gasteiger partial charge in [0.05, 0.1) is 6.42 Å². The summed E-state index contributed by atoms with van der Waals surface area (Å²) in [6.07, 6.45) is 67.2. The Balaban J connectivity index is 5.43. The summed E-state index contributed by atoms with van der Waals surface area (Å²) < 4.78 is 23.1. The van der Waals surface area contributed by atoms with Crippen LogP contribution in [0.3, 0.4) is 0 Å². The molecule has 0 amide bonds. The molecule has 0 rings (SSSR count). The molecule has 0 atom stereocenters. The maximum absolute atomic E-state index is 13.2. The minimum Gasteiger partial charge on any atom is -0.463 e. The summed E-state index contributed by atoms with van der Waals surface area (Å²) in [7, 11) is 0. The Morgan fingerprint density at radius 3 is 0.892 bits per heavy atom. The molecule has 0 spiro atoms. The molecule has 0 heterocycles. The standard InChI is InChI=1S/C65H107NO8/c1-7-10-13-16-19-22-25-28-31-34-37-40-43-46-49-52-60(67)71-57-65(66-56-55-63(70)74-64(4,5)6,58-72-61(68)53-50-47-44-41-38-35-32-29-26-23-20-17-14-11-8-2)59-73-62(69)54-51-48-45-42-39-36-33-30-27-24-21-18-15-12-9-3/h16-33,66H,7-15,34-59H2,1-6H3. The molecule has 0 saturated heterocycles. The molecule has 1 N–H and O–H groups in total. The summed E-state index contributed by atoms with van der Waals surface area (Å²) in [5.41, 5.74) is -1.92. The number of unbranched alkanes of at least 4 members (excludes halogenated alkanes) is 21. The van der Waals surface area contributed by atoms with Gasteiger partial charge in [0, 0.05) is 25.8 Å². The number of carbonyl (C=O) groups is 4. The van der Waals surface area contributed by atoms with Crippen LogP contribution in [-0.4, -0.2) is 61.4 Å². The van der Waals surface area contributed by atoms with E-state index < -0.39 is 17.1 Å². The van der Waals surface area contributed by atoms with Crippen molar-refractivity contribution in [3.8, 4) is 0 Å². The second-order valence-electron chi connectivity index (χ2n) is 20.6. The van der Waals surface area contributed by atoms with E-state index in [0.29, 0.717) is 19.3 Å². The highest BCUT2D eigenvalue weighted by Crippen LogP contribution is 2.17. The predicted octanol–water partition coefficient (Wildman–Crippen LogP) is 17.4. The van der Waals surface area contributed by atoms with E-state index in [1.165, 1.54) is 38.5 Å². The number of carbonyl (C=O) groups excluding carboxylic acids is 4. The SMILES string of the molecule is CCCCC=CC=CC=CCCCCCCCC(=O)OCC(COC(=O)CCCCCCCC=CC=CC=CCCCC)(COC(=O)CCCCCCCC=CC=CC=CCCCC)NCCC(=O)OC(C)(C)C. The fourth-order valence-corrected chi connectivity index (χ4v) is 7.56. The van der Waals surface area contributed by atoms with Crippen LogP contribution in [0.1, 0.15) is 241 Å². The van der Waals surface area contributed by atoms with Gasteiger partial charge in [-0.15, -0.1) is 0 Å². The molecule has 0 aromatic carbocycles. The van der Waals surface area contributed by atoms with E-state index >= 15 is 0 Å². The van der Waals surface area contributed by atoms with Crippen LogP contribution in [0.2, 0.25) is 0 Å². The first-order chi connectivity index (χ1) is 36.0. The highest BCUT2D eigenvalue weighted by atomic mass is 16.6. The van der Waals surface area contributed by atoms with Crippen LogP contribution in [0.25, 0.3) is 0 Å². The van der Waals surface area contributed by atoms with Crippen molar-refractivity contribution in [3.05, 3.63) is 109 Å². The molecule has 0 radical (unpaired) electrons. The number of ether oxygens (including phenoxy) is 4. The van der Waals surface area contributed by atoms with E-state index in [0.717, 1.165) is 116 Å². The summed E-state index contributed by atoms with van der Waals surface area (Å²) in [6.45, 7) is 11.6. The van der Waals surface area contributed by atoms with Crippen molar-refractivity contribution in [2.75, 3.05) is 26.4 Å². The van der Waals surface area contributed by atoms with Gasteiger partial charge in [0.1, 0.15) is 31.0 Å². The van der Waals surface area contributed by atoms with E-state index in [9.17, 15) is 19.2 Å². The minimum absolute atomic E-state index is 0.0176. The number of nitrogens with one attached hydrogen (secondary N) is 1. The highest BCUT2D eigenvalue weighted by Gasteiger charge is 2.36. The third kappa shape index (κ3) is 51.0. The van der Waals surface area contributed by atoms with Crippen LogP contribution < -0.4 is 5.32 Å². The number of hydrogen-bond donors (Lipinski definition) is 1. The van der Waals surface area contributed by atoms with Crippen LogP contribution in [0, 0.1) is 0 Å². The molecule has 0 aliphatic carbocycles. The molecule has 0 bridgehead atoms. The average molecular weight is 1030 g/mol. The van der Waals surface area contributed by atoms with Crippen molar-refractivity contribution in [2.24, 2.45) is 0 Å². The van der Waals surface area contributed by atoms with E-state index in [1.807, 2.05) is 20.8 Å². The number of allylic oxidation sites excluding steroid dienone is 18. The van der Waals surface area contributed by atoms with E-state index in [-0.39, 0.29) is 70.0 Å². The lowest BCUT2D eigenvalue weighted by atomic mass is 10.0. The Labute approximate surface area is 453 Å². The lowest BCUT2D eigenvalue weighted by Crippen LogP contribution is -2.58. The maximum Gasteiger partial charge on any atom is 0.307 e. The molecule has 0 aromatic rings. The van der Waals surface area contributed by atoms with E-state index in [1.54, 1.807) is 0 Å². The topological polar surface area (TPSA) is 117 Å². The molecule has 420 valence electrons. The van der Waals surface area contributed by atoms with Crippen LogP contribution in [0.4, 0.5) is 0 Å². The fourth-order valence-electron chi connectivity index (χ4n) is 7.56. The Kier molecular flexibility index (Phi) is 48.8. The number of rotatable bonds is 49. The quantitative estimate of drug-likeness (QED) is 0.0275. The van der Waals surface area contributed by atoms with Gasteiger partial charge in [0.15, 0.2) is 0 Å². The van der Waals surface area contributed by atoms with Crippen LogP contribution in [0.15, 0.2) is 109 Å². The second-order valence-corrected chi connectivity index (χ2v) is 20.6. The molecule has 0 fully saturated rings. The van der Waals surface area contributed by atoms with Crippen molar-refractivity contribution in [2.45, 2.75) is 252 Å². The molecule has 74 heavy (non-hydrogen) atoms. The summed E-state index contributed by atoms with van der Waals surface area (Å²) in [5, 5.41) is 3.31. The highest BCUT2D eigenvalue weighted by molar-refractivity contribution is 5.71. The van der Waals surface area contributed by atoms with Gasteiger partial charge < -0.3 is 24.3 Å². The Morgan fingerprint density at radius 1 is 0.338 bits per heavy atom. The zero-order valence-electron chi connectivity index (χ0n) is 47.9. The fraction of sp³-hybridized carbons (Fsp3) is 0.662. The van der Waals surface area contributed by atoms with Crippen LogP contribution in [0.5, 0.6) is 0 Å². The number of hydrogen-bond acceptors (Lipinski definition) is 9. The minimum atomic E-state index is -1.26. The molecule has 9 heteroatoms. The lowest BCUT2D eigenvalue weighted by molar-refractivity contribution is -0.160. The molecule has 0 aliphatic rings. The lowest BCUT2D eigenvalue weighted by Gasteiger charge is -2.33. The van der Waals surface area contributed by atoms with Crippen molar-refractivity contribution >= 4 is 23.9 Å². The smallest absolute Gasteiger partial charge is 0.307 e.